The van der Waals surface area contributed by atoms with Crippen LogP contribution in [0.1, 0.15) is 26.5 Å². The minimum atomic E-state index is -1.68. The number of carbonyl (C=O) groups is 1. The van der Waals surface area contributed by atoms with Crippen LogP contribution in [-0.2, 0) is 14.9 Å². The second kappa shape index (κ2) is 9.22. The molecule has 0 bridgehead atoms. The zero-order valence-corrected chi connectivity index (χ0v) is 19.4. The van der Waals surface area contributed by atoms with Gasteiger partial charge in [0.1, 0.15) is 12.4 Å². The average Bonchev–Trinajstić information content (AvgIpc) is 3.11. The maximum Gasteiger partial charge on any atom is 0.412 e. The number of amides is 1. The van der Waals surface area contributed by atoms with Gasteiger partial charge in [0.15, 0.2) is 0 Å². The van der Waals surface area contributed by atoms with Crippen molar-refractivity contribution in [2.75, 3.05) is 43.1 Å². The predicted octanol–water partition coefficient (Wildman–Crippen LogP) is 4.93. The fraction of sp³-hybridized carbons (Fsp3) is 0.500. The molecule has 1 aromatic heterocycles. The number of hydrogen-bond acceptors (Lipinski definition) is 5. The number of hydrogen-bond donors (Lipinski definition) is 1. The second-order valence-corrected chi connectivity index (χ2v) is 10.5. The van der Waals surface area contributed by atoms with Gasteiger partial charge in [-0.1, -0.05) is 61.6 Å². The number of nitrogens with one attached hydrogen (secondary N) is 1. The molecular formula is C20H25Cl3N4O3. The van der Waals surface area contributed by atoms with E-state index in [1.54, 1.807) is 4.68 Å². The van der Waals surface area contributed by atoms with Crippen molar-refractivity contribution in [1.29, 1.82) is 0 Å². The van der Waals surface area contributed by atoms with Crippen LogP contribution in [-0.4, -0.2) is 52.6 Å². The van der Waals surface area contributed by atoms with Gasteiger partial charge in [0.2, 0.25) is 3.79 Å². The molecule has 1 N–H and O–H groups in total. The molecule has 1 aromatic carbocycles. The Morgan fingerprint density at radius 1 is 1.17 bits per heavy atom. The monoisotopic (exact) mass is 474 g/mol. The summed E-state index contributed by atoms with van der Waals surface area (Å²) in [6, 6.07) is 9.79. The number of nitrogens with zero attached hydrogens (tertiary/aromatic N) is 3. The van der Waals surface area contributed by atoms with Gasteiger partial charge >= 0.3 is 6.09 Å². The molecule has 1 aliphatic rings. The van der Waals surface area contributed by atoms with Crippen LogP contribution in [0.5, 0.6) is 0 Å². The van der Waals surface area contributed by atoms with Crippen molar-refractivity contribution in [1.82, 2.24) is 9.78 Å². The van der Waals surface area contributed by atoms with E-state index in [1.807, 2.05) is 30.3 Å². The van der Waals surface area contributed by atoms with Crippen molar-refractivity contribution in [3.05, 3.63) is 36.0 Å². The number of ether oxygens (including phenoxy) is 2. The summed E-state index contributed by atoms with van der Waals surface area (Å²) in [5.74, 6) is 0.466. The second-order valence-electron chi connectivity index (χ2n) is 8.01. The topological polar surface area (TPSA) is 68.6 Å². The third-order valence-corrected chi connectivity index (χ3v) is 4.85. The first-order chi connectivity index (χ1) is 14.0. The molecule has 30 heavy (non-hydrogen) atoms. The molecule has 3 rings (SSSR count). The number of carbonyl (C=O) groups excluding carboxylic acids is 1. The van der Waals surface area contributed by atoms with E-state index in [4.69, 9.17) is 49.4 Å². The molecule has 0 unspecified atom stereocenters. The van der Waals surface area contributed by atoms with Crippen LogP contribution in [0.2, 0.25) is 0 Å². The maximum atomic E-state index is 12.2. The van der Waals surface area contributed by atoms with Gasteiger partial charge < -0.3 is 14.4 Å². The number of rotatable bonds is 4. The highest BCUT2D eigenvalue weighted by atomic mass is 35.6. The highest BCUT2D eigenvalue weighted by molar-refractivity contribution is 6.67. The van der Waals surface area contributed by atoms with Gasteiger partial charge in [-0.2, -0.15) is 5.10 Å². The summed E-state index contributed by atoms with van der Waals surface area (Å²) in [6.07, 6.45) is -0.729. The van der Waals surface area contributed by atoms with Crippen LogP contribution >= 0.6 is 34.8 Å². The normalized spacial score (nSPS) is 15.2. The van der Waals surface area contributed by atoms with Gasteiger partial charge in [0.25, 0.3) is 0 Å². The van der Waals surface area contributed by atoms with Crippen molar-refractivity contribution in [2.24, 2.45) is 0 Å². The van der Waals surface area contributed by atoms with Crippen molar-refractivity contribution < 1.29 is 14.3 Å². The maximum absolute atomic E-state index is 12.2. The van der Waals surface area contributed by atoms with E-state index >= 15 is 0 Å². The van der Waals surface area contributed by atoms with Crippen molar-refractivity contribution in [2.45, 2.75) is 30.0 Å². The van der Waals surface area contributed by atoms with Gasteiger partial charge in [-0.3, -0.25) is 5.32 Å². The lowest BCUT2D eigenvalue weighted by Gasteiger charge is -2.29. The lowest BCUT2D eigenvalue weighted by atomic mass is 9.92. The van der Waals surface area contributed by atoms with Gasteiger partial charge in [-0.25, -0.2) is 9.48 Å². The molecule has 0 aliphatic carbocycles. The Morgan fingerprint density at radius 2 is 1.83 bits per heavy atom. The Morgan fingerprint density at radius 3 is 2.47 bits per heavy atom. The largest absolute Gasteiger partial charge is 0.445 e. The molecule has 7 nitrogen and oxygen atoms in total. The Kier molecular flexibility index (Phi) is 7.07. The quantitative estimate of drug-likeness (QED) is 0.635. The van der Waals surface area contributed by atoms with Gasteiger partial charge in [-0.05, 0) is 18.2 Å². The van der Waals surface area contributed by atoms with E-state index in [2.05, 4.69) is 31.0 Å². The van der Waals surface area contributed by atoms with Crippen LogP contribution in [0.25, 0.3) is 5.69 Å². The lowest BCUT2D eigenvalue weighted by molar-refractivity contribution is 0.122. The van der Waals surface area contributed by atoms with E-state index in [0.717, 1.165) is 30.2 Å². The van der Waals surface area contributed by atoms with Crippen LogP contribution < -0.4 is 10.2 Å². The molecule has 1 aliphatic heterocycles. The molecule has 2 heterocycles. The molecule has 1 saturated heterocycles. The van der Waals surface area contributed by atoms with E-state index in [9.17, 15) is 4.79 Å². The molecule has 1 fully saturated rings. The van der Waals surface area contributed by atoms with E-state index in [-0.39, 0.29) is 12.0 Å². The van der Waals surface area contributed by atoms with Crippen LogP contribution in [0.3, 0.4) is 0 Å². The minimum absolute atomic E-state index is 0.217. The Bertz CT molecular complexity index is 884. The molecule has 0 saturated carbocycles. The van der Waals surface area contributed by atoms with E-state index < -0.39 is 9.89 Å². The first-order valence-corrected chi connectivity index (χ1v) is 10.7. The van der Waals surface area contributed by atoms with Gasteiger partial charge in [-0.15, -0.1) is 0 Å². The highest BCUT2D eigenvalue weighted by Crippen LogP contribution is 2.29. The number of halogens is 3. The average molecular weight is 476 g/mol. The number of morpholine rings is 1. The smallest absolute Gasteiger partial charge is 0.412 e. The summed E-state index contributed by atoms with van der Waals surface area (Å²) >= 11 is 17.0. The zero-order chi connectivity index (χ0) is 21.9. The number of anilines is 2. The number of benzene rings is 1. The van der Waals surface area contributed by atoms with Crippen molar-refractivity contribution in [3.63, 3.8) is 0 Å². The van der Waals surface area contributed by atoms with Gasteiger partial charge in [0, 0.05) is 30.3 Å². The summed E-state index contributed by atoms with van der Waals surface area (Å²) in [5.41, 5.74) is 2.47. The summed E-state index contributed by atoms with van der Waals surface area (Å²) in [5, 5.41) is 7.43. The number of alkyl halides is 3. The molecule has 2 aromatic rings. The lowest BCUT2D eigenvalue weighted by Crippen LogP contribution is -2.36. The van der Waals surface area contributed by atoms with Gasteiger partial charge in [0.05, 0.1) is 24.6 Å². The SMILES string of the molecule is CC(C)(C)c1cc(NC(=O)OCC(Cl)(Cl)Cl)n(-c2cccc(N3CCOCC3)c2)n1. The number of aromatic nitrogens is 2. The molecular weight excluding hydrogens is 451 g/mol. The summed E-state index contributed by atoms with van der Waals surface area (Å²) < 4.78 is 10.4. The molecule has 1 amide bonds. The minimum Gasteiger partial charge on any atom is -0.445 e. The van der Waals surface area contributed by atoms with E-state index in [1.165, 1.54) is 0 Å². The summed E-state index contributed by atoms with van der Waals surface area (Å²) in [7, 11) is 0. The molecule has 0 atom stereocenters. The molecule has 164 valence electrons. The summed E-state index contributed by atoms with van der Waals surface area (Å²) in [4.78, 5) is 14.5. The fourth-order valence-electron chi connectivity index (χ4n) is 2.96. The first-order valence-electron chi connectivity index (χ1n) is 9.57. The zero-order valence-electron chi connectivity index (χ0n) is 17.1. The predicted molar refractivity (Wildman–Crippen MR) is 121 cm³/mol. The van der Waals surface area contributed by atoms with Crippen LogP contribution in [0.15, 0.2) is 30.3 Å². The Labute approximate surface area is 191 Å². The first kappa shape index (κ1) is 23.0. The molecule has 0 spiro atoms. The van der Waals surface area contributed by atoms with Crippen LogP contribution in [0.4, 0.5) is 16.3 Å². The standard InChI is InChI=1S/C20H25Cl3N4O3/c1-19(2,3)16-12-17(24-18(28)30-13-20(21,22)23)27(25-16)15-6-4-5-14(11-15)26-7-9-29-10-8-26/h4-6,11-12H,7-10,13H2,1-3H3,(H,24,28). The van der Waals surface area contributed by atoms with E-state index in [0.29, 0.717) is 19.0 Å². The third-order valence-electron chi connectivity index (χ3n) is 4.53. The fourth-order valence-corrected chi connectivity index (χ4v) is 3.13. The third kappa shape index (κ3) is 6.17. The highest BCUT2D eigenvalue weighted by Gasteiger charge is 2.25. The molecule has 0 radical (unpaired) electrons. The van der Waals surface area contributed by atoms with Crippen molar-refractivity contribution >= 4 is 52.4 Å². The molecule has 10 heteroatoms. The van der Waals surface area contributed by atoms with Crippen molar-refractivity contribution in [3.8, 4) is 5.69 Å². The summed E-state index contributed by atoms with van der Waals surface area (Å²) in [6.45, 7) is 8.83. The van der Waals surface area contributed by atoms with Crippen LogP contribution in [0, 0.1) is 0 Å². The Hall–Kier alpha value is -1.67. The Balaban J connectivity index is 1.89.